The fourth-order valence-corrected chi connectivity index (χ4v) is 4.41. The molecule has 0 N–H and O–H groups in total. The van der Waals surface area contributed by atoms with Gasteiger partial charge in [0.25, 0.3) is 0 Å². The Morgan fingerprint density at radius 2 is 0.629 bits per heavy atom. The lowest BCUT2D eigenvalue weighted by atomic mass is 10.0. The van der Waals surface area contributed by atoms with Crippen molar-refractivity contribution in [3.05, 3.63) is 0 Å². The van der Waals surface area contributed by atoms with E-state index in [9.17, 15) is 9.59 Å². The fourth-order valence-electron chi connectivity index (χ4n) is 4.41. The molecule has 0 fully saturated rings. The molecule has 4 heteroatoms. The second kappa shape index (κ2) is 29.2. The van der Waals surface area contributed by atoms with Gasteiger partial charge in [-0.05, 0) is 25.7 Å². The highest BCUT2D eigenvalue weighted by atomic mass is 16.5. The highest BCUT2D eigenvalue weighted by Crippen LogP contribution is 2.13. The largest absolute Gasteiger partial charge is 0.466 e. The molecule has 0 unspecified atom stereocenters. The minimum Gasteiger partial charge on any atom is -0.466 e. The van der Waals surface area contributed by atoms with Gasteiger partial charge >= 0.3 is 11.9 Å². The average molecular weight is 497 g/mol. The van der Waals surface area contributed by atoms with Gasteiger partial charge in [0, 0.05) is 12.8 Å². The quantitative estimate of drug-likeness (QED) is 0.0798. The van der Waals surface area contributed by atoms with E-state index >= 15 is 0 Å². The zero-order valence-electron chi connectivity index (χ0n) is 23.7. The molecule has 0 aromatic carbocycles. The van der Waals surface area contributed by atoms with Gasteiger partial charge in [-0.3, -0.25) is 9.59 Å². The van der Waals surface area contributed by atoms with Crippen molar-refractivity contribution in [3.8, 4) is 0 Å². The van der Waals surface area contributed by atoms with E-state index in [4.69, 9.17) is 9.47 Å². The molecule has 0 spiro atoms. The van der Waals surface area contributed by atoms with Crippen LogP contribution < -0.4 is 0 Å². The summed E-state index contributed by atoms with van der Waals surface area (Å²) in [6, 6.07) is 0. The first-order valence-electron chi connectivity index (χ1n) is 15.5. The maximum absolute atomic E-state index is 11.8. The van der Waals surface area contributed by atoms with Gasteiger partial charge in [-0.25, -0.2) is 0 Å². The van der Waals surface area contributed by atoms with Crippen molar-refractivity contribution < 1.29 is 19.1 Å². The van der Waals surface area contributed by atoms with Gasteiger partial charge in [0.05, 0.1) is 13.2 Å². The molecule has 0 saturated heterocycles. The van der Waals surface area contributed by atoms with Crippen LogP contribution in [0.2, 0.25) is 0 Å². The van der Waals surface area contributed by atoms with Crippen molar-refractivity contribution in [1.82, 2.24) is 0 Å². The fraction of sp³-hybridized carbons (Fsp3) is 0.935. The minimum absolute atomic E-state index is 0.0923. The van der Waals surface area contributed by atoms with E-state index in [1.807, 2.05) is 0 Å². The molecule has 208 valence electrons. The molecule has 0 heterocycles. The Hall–Kier alpha value is -1.06. The SMILES string of the molecule is CCCCCCCCCCCCCCCCOC(=O)CCCCCC(=O)OCCCCCCCC. The van der Waals surface area contributed by atoms with Crippen LogP contribution in [0.1, 0.15) is 174 Å². The van der Waals surface area contributed by atoms with E-state index in [1.165, 1.54) is 103 Å². The molecular formula is C31H60O4. The number of ether oxygens (including phenoxy) is 2. The summed E-state index contributed by atoms with van der Waals surface area (Å²) >= 11 is 0. The lowest BCUT2D eigenvalue weighted by molar-refractivity contribution is -0.144. The van der Waals surface area contributed by atoms with Crippen LogP contribution in [-0.2, 0) is 19.1 Å². The van der Waals surface area contributed by atoms with Gasteiger partial charge in [-0.2, -0.15) is 0 Å². The Labute approximate surface area is 218 Å². The summed E-state index contributed by atoms with van der Waals surface area (Å²) in [5, 5.41) is 0. The zero-order valence-corrected chi connectivity index (χ0v) is 23.7. The highest BCUT2D eigenvalue weighted by Gasteiger charge is 2.05. The van der Waals surface area contributed by atoms with Crippen LogP contribution in [0.5, 0.6) is 0 Å². The van der Waals surface area contributed by atoms with Crippen LogP contribution >= 0.6 is 0 Å². The second-order valence-electron chi connectivity index (χ2n) is 10.4. The summed E-state index contributed by atoms with van der Waals surface area (Å²) in [6.45, 7) is 5.60. The van der Waals surface area contributed by atoms with Crippen LogP contribution in [0, 0.1) is 0 Å². The Bertz CT molecular complexity index is 449. The first kappa shape index (κ1) is 33.9. The maximum atomic E-state index is 11.8. The molecule has 0 aliphatic carbocycles. The smallest absolute Gasteiger partial charge is 0.305 e. The second-order valence-corrected chi connectivity index (χ2v) is 10.4. The third-order valence-corrected chi connectivity index (χ3v) is 6.78. The molecule has 0 rings (SSSR count). The van der Waals surface area contributed by atoms with E-state index in [0.29, 0.717) is 26.1 Å². The van der Waals surface area contributed by atoms with Crippen LogP contribution in [-0.4, -0.2) is 25.2 Å². The average Bonchev–Trinajstić information content (AvgIpc) is 2.85. The number of esters is 2. The molecule has 0 aliphatic heterocycles. The molecule has 4 nitrogen and oxygen atoms in total. The number of hydrogen-bond donors (Lipinski definition) is 0. The Balaban J connectivity index is 3.25. The standard InChI is InChI=1S/C31H60O4/c1-3-5-7-9-11-12-13-14-15-16-17-18-20-25-29-35-31(33)27-23-21-22-26-30(32)34-28-24-19-10-8-6-4-2/h3-29H2,1-2H3. The minimum atomic E-state index is -0.0982. The molecule has 0 atom stereocenters. The molecule has 0 radical (unpaired) electrons. The van der Waals surface area contributed by atoms with Gasteiger partial charge in [-0.1, -0.05) is 136 Å². The third-order valence-electron chi connectivity index (χ3n) is 6.78. The molecule has 0 aromatic heterocycles. The Kier molecular flexibility index (Phi) is 28.3. The highest BCUT2D eigenvalue weighted by molar-refractivity contribution is 5.69. The lowest BCUT2D eigenvalue weighted by Crippen LogP contribution is -2.07. The van der Waals surface area contributed by atoms with Gasteiger partial charge in [0.2, 0.25) is 0 Å². The van der Waals surface area contributed by atoms with Gasteiger partial charge in [0.15, 0.2) is 0 Å². The molecular weight excluding hydrogens is 436 g/mol. The number of carbonyl (C=O) groups is 2. The first-order chi connectivity index (χ1) is 17.2. The van der Waals surface area contributed by atoms with Crippen LogP contribution in [0.3, 0.4) is 0 Å². The topological polar surface area (TPSA) is 52.6 Å². The molecule has 0 saturated carbocycles. The summed E-state index contributed by atoms with van der Waals surface area (Å²) in [7, 11) is 0. The first-order valence-corrected chi connectivity index (χ1v) is 15.5. The van der Waals surface area contributed by atoms with E-state index in [0.717, 1.165) is 44.9 Å². The van der Waals surface area contributed by atoms with Crippen molar-refractivity contribution in [2.24, 2.45) is 0 Å². The van der Waals surface area contributed by atoms with Crippen molar-refractivity contribution in [3.63, 3.8) is 0 Å². The lowest BCUT2D eigenvalue weighted by Gasteiger charge is -2.06. The number of carbonyl (C=O) groups excluding carboxylic acids is 2. The number of rotatable bonds is 28. The molecule has 0 aliphatic rings. The van der Waals surface area contributed by atoms with Crippen molar-refractivity contribution >= 4 is 11.9 Å². The summed E-state index contributed by atoms with van der Waals surface area (Å²) in [6.07, 6.45) is 29.2. The van der Waals surface area contributed by atoms with E-state index in [1.54, 1.807) is 0 Å². The summed E-state index contributed by atoms with van der Waals surface area (Å²) in [4.78, 5) is 23.6. The van der Waals surface area contributed by atoms with Gasteiger partial charge in [-0.15, -0.1) is 0 Å². The molecule has 0 amide bonds. The van der Waals surface area contributed by atoms with E-state index in [-0.39, 0.29) is 11.9 Å². The van der Waals surface area contributed by atoms with Crippen molar-refractivity contribution in [2.45, 2.75) is 174 Å². The number of unbranched alkanes of at least 4 members (excludes halogenated alkanes) is 20. The van der Waals surface area contributed by atoms with E-state index in [2.05, 4.69) is 13.8 Å². The summed E-state index contributed by atoms with van der Waals surface area (Å²) in [5.74, 6) is -0.190. The monoisotopic (exact) mass is 496 g/mol. The van der Waals surface area contributed by atoms with Crippen LogP contribution in [0.15, 0.2) is 0 Å². The van der Waals surface area contributed by atoms with E-state index < -0.39 is 0 Å². The molecule has 35 heavy (non-hydrogen) atoms. The predicted octanol–water partition coefficient (Wildman–Crippen LogP) is 9.87. The van der Waals surface area contributed by atoms with Gasteiger partial charge < -0.3 is 9.47 Å². The Morgan fingerprint density at radius 1 is 0.371 bits per heavy atom. The zero-order chi connectivity index (χ0) is 25.7. The van der Waals surface area contributed by atoms with Crippen LogP contribution in [0.25, 0.3) is 0 Å². The maximum Gasteiger partial charge on any atom is 0.305 e. The van der Waals surface area contributed by atoms with Gasteiger partial charge in [0.1, 0.15) is 0 Å². The van der Waals surface area contributed by atoms with Crippen LogP contribution in [0.4, 0.5) is 0 Å². The summed E-state index contributed by atoms with van der Waals surface area (Å²) < 4.78 is 10.6. The number of hydrogen-bond acceptors (Lipinski definition) is 4. The third kappa shape index (κ3) is 29.1. The Morgan fingerprint density at radius 3 is 0.943 bits per heavy atom. The van der Waals surface area contributed by atoms with Crippen molar-refractivity contribution in [1.29, 1.82) is 0 Å². The van der Waals surface area contributed by atoms with Crippen molar-refractivity contribution in [2.75, 3.05) is 13.2 Å². The molecule has 0 bridgehead atoms. The molecule has 0 aromatic rings. The predicted molar refractivity (Wildman–Crippen MR) is 149 cm³/mol. The summed E-state index contributed by atoms with van der Waals surface area (Å²) in [5.41, 5.74) is 0. The normalized spacial score (nSPS) is 11.0.